The second kappa shape index (κ2) is 7.50. The molecule has 2 aromatic rings. The van der Waals surface area contributed by atoms with Crippen LogP contribution in [-0.2, 0) is 6.42 Å². The quantitative estimate of drug-likeness (QED) is 0.852. The summed E-state index contributed by atoms with van der Waals surface area (Å²) >= 11 is 0. The van der Waals surface area contributed by atoms with Crippen LogP contribution in [0.15, 0.2) is 48.7 Å². The highest BCUT2D eigenvalue weighted by Crippen LogP contribution is 2.06. The summed E-state index contributed by atoms with van der Waals surface area (Å²) in [4.78, 5) is 16.1. The van der Waals surface area contributed by atoms with Gasteiger partial charge in [0.25, 0.3) is 5.91 Å². The van der Waals surface area contributed by atoms with Gasteiger partial charge in [0.1, 0.15) is 5.82 Å². The fourth-order valence-electron chi connectivity index (χ4n) is 1.96. The molecule has 1 aromatic carbocycles. The van der Waals surface area contributed by atoms with Crippen molar-refractivity contribution in [3.05, 3.63) is 65.7 Å². The smallest absolute Gasteiger partial charge is 0.251 e. The molecule has 0 aliphatic carbocycles. The van der Waals surface area contributed by atoms with Crippen molar-refractivity contribution < 1.29 is 14.3 Å². The lowest BCUT2D eigenvalue weighted by Crippen LogP contribution is -2.32. The third-order valence-electron chi connectivity index (χ3n) is 3.14. The van der Waals surface area contributed by atoms with Crippen molar-refractivity contribution in [1.29, 1.82) is 0 Å². The van der Waals surface area contributed by atoms with Crippen LogP contribution >= 0.6 is 0 Å². The minimum Gasteiger partial charge on any atom is -0.396 e. The highest BCUT2D eigenvalue weighted by molar-refractivity contribution is 5.94. The third kappa shape index (κ3) is 4.65. The highest BCUT2D eigenvalue weighted by Gasteiger charge is 2.12. The Balaban J connectivity index is 1.88. The number of aliphatic hydroxyl groups excluding tert-OH is 1. The fraction of sp³-hybridized carbons (Fsp3) is 0.250. The maximum atomic E-state index is 12.8. The molecule has 2 rings (SSSR count). The zero-order chi connectivity index (χ0) is 15.1. The molecule has 0 saturated carbocycles. The first-order valence-corrected chi connectivity index (χ1v) is 6.73. The molecule has 21 heavy (non-hydrogen) atoms. The lowest BCUT2D eigenvalue weighted by molar-refractivity contribution is 0.0939. The number of pyridine rings is 1. The molecule has 1 aromatic heterocycles. The van der Waals surface area contributed by atoms with Gasteiger partial charge in [-0.25, -0.2) is 4.39 Å². The first-order chi connectivity index (χ1) is 10.2. The molecular formula is C16H17FN2O2. The normalized spacial score (nSPS) is 11.9. The summed E-state index contributed by atoms with van der Waals surface area (Å²) in [6, 6.07) is 10.9. The van der Waals surface area contributed by atoms with Crippen LogP contribution in [0.5, 0.6) is 0 Å². The number of carbonyl (C=O) groups excluding carboxylic acids is 1. The van der Waals surface area contributed by atoms with Crippen LogP contribution in [0.4, 0.5) is 4.39 Å². The molecule has 0 aliphatic heterocycles. The molecule has 0 saturated heterocycles. The molecule has 0 radical (unpaired) electrons. The topological polar surface area (TPSA) is 62.2 Å². The second-order valence-electron chi connectivity index (χ2n) is 4.79. The van der Waals surface area contributed by atoms with Gasteiger partial charge in [-0.15, -0.1) is 0 Å². The SMILES string of the molecule is O=C(NCC(CO)Cc1ccccn1)c1ccc(F)cc1. The van der Waals surface area contributed by atoms with Crippen molar-refractivity contribution in [2.75, 3.05) is 13.2 Å². The molecule has 1 heterocycles. The van der Waals surface area contributed by atoms with Crippen LogP contribution in [-0.4, -0.2) is 29.1 Å². The van der Waals surface area contributed by atoms with Gasteiger partial charge in [-0.1, -0.05) is 6.07 Å². The monoisotopic (exact) mass is 288 g/mol. The second-order valence-corrected chi connectivity index (χ2v) is 4.79. The molecule has 2 N–H and O–H groups in total. The number of aliphatic hydroxyl groups is 1. The van der Waals surface area contributed by atoms with E-state index >= 15 is 0 Å². The van der Waals surface area contributed by atoms with E-state index < -0.39 is 0 Å². The van der Waals surface area contributed by atoms with Gasteiger partial charge in [0, 0.05) is 36.5 Å². The number of amides is 1. The van der Waals surface area contributed by atoms with Gasteiger partial charge in [0.2, 0.25) is 0 Å². The number of benzene rings is 1. The van der Waals surface area contributed by atoms with E-state index in [9.17, 15) is 14.3 Å². The van der Waals surface area contributed by atoms with Gasteiger partial charge in [-0.05, 0) is 42.8 Å². The molecule has 5 heteroatoms. The van der Waals surface area contributed by atoms with E-state index in [-0.39, 0.29) is 24.2 Å². The Bertz CT molecular complexity index is 573. The van der Waals surface area contributed by atoms with Crippen molar-refractivity contribution in [1.82, 2.24) is 10.3 Å². The summed E-state index contributed by atoms with van der Waals surface area (Å²) in [6.45, 7) is 0.295. The molecule has 110 valence electrons. The van der Waals surface area contributed by atoms with Gasteiger partial charge in [-0.2, -0.15) is 0 Å². The van der Waals surface area contributed by atoms with Crippen molar-refractivity contribution in [2.24, 2.45) is 5.92 Å². The van der Waals surface area contributed by atoms with Gasteiger partial charge < -0.3 is 10.4 Å². The third-order valence-corrected chi connectivity index (χ3v) is 3.14. The number of halogens is 1. The van der Waals surface area contributed by atoms with E-state index in [1.54, 1.807) is 6.20 Å². The lowest BCUT2D eigenvalue weighted by atomic mass is 10.0. The predicted molar refractivity (Wildman–Crippen MR) is 77.3 cm³/mol. The van der Waals surface area contributed by atoms with Gasteiger partial charge in [-0.3, -0.25) is 9.78 Å². The fourth-order valence-corrected chi connectivity index (χ4v) is 1.96. The number of aromatic nitrogens is 1. The van der Waals surface area contributed by atoms with Crippen LogP contribution in [0.1, 0.15) is 16.1 Å². The first kappa shape index (κ1) is 15.1. The molecule has 1 unspecified atom stereocenters. The van der Waals surface area contributed by atoms with E-state index in [4.69, 9.17) is 0 Å². The Hall–Kier alpha value is -2.27. The van der Waals surface area contributed by atoms with Gasteiger partial charge >= 0.3 is 0 Å². The van der Waals surface area contributed by atoms with Crippen LogP contribution in [0, 0.1) is 11.7 Å². The predicted octanol–water partition coefficient (Wildman–Crippen LogP) is 1.80. The first-order valence-electron chi connectivity index (χ1n) is 6.73. The van der Waals surface area contributed by atoms with E-state index in [1.165, 1.54) is 24.3 Å². The van der Waals surface area contributed by atoms with E-state index in [1.807, 2.05) is 18.2 Å². The lowest BCUT2D eigenvalue weighted by Gasteiger charge is -2.14. The van der Waals surface area contributed by atoms with Crippen LogP contribution in [0.2, 0.25) is 0 Å². The number of hydrogen-bond acceptors (Lipinski definition) is 3. The minimum atomic E-state index is -0.380. The molecule has 0 spiro atoms. The summed E-state index contributed by atoms with van der Waals surface area (Å²) in [5.74, 6) is -0.770. The van der Waals surface area contributed by atoms with Crippen molar-refractivity contribution in [3.63, 3.8) is 0 Å². The average molecular weight is 288 g/mol. The van der Waals surface area contributed by atoms with Crippen LogP contribution < -0.4 is 5.32 Å². The zero-order valence-corrected chi connectivity index (χ0v) is 11.5. The molecule has 4 nitrogen and oxygen atoms in total. The summed E-state index contributed by atoms with van der Waals surface area (Å²) in [6.07, 6.45) is 2.28. The van der Waals surface area contributed by atoms with Crippen molar-refractivity contribution in [2.45, 2.75) is 6.42 Å². The zero-order valence-electron chi connectivity index (χ0n) is 11.5. The van der Waals surface area contributed by atoms with Crippen molar-refractivity contribution >= 4 is 5.91 Å². The molecular weight excluding hydrogens is 271 g/mol. The Labute approximate surface area is 122 Å². The largest absolute Gasteiger partial charge is 0.396 e. The summed E-state index contributed by atoms with van der Waals surface area (Å²) in [5, 5.41) is 12.1. The standard InChI is InChI=1S/C16H17FN2O2/c17-14-6-4-13(5-7-14)16(21)19-10-12(11-20)9-15-3-1-2-8-18-15/h1-8,12,20H,9-11H2,(H,19,21). The highest BCUT2D eigenvalue weighted by atomic mass is 19.1. The number of hydrogen-bond donors (Lipinski definition) is 2. The van der Waals surface area contributed by atoms with E-state index in [0.29, 0.717) is 18.5 Å². The number of rotatable bonds is 6. The molecule has 1 amide bonds. The molecule has 0 fully saturated rings. The summed E-state index contributed by atoms with van der Waals surface area (Å²) in [5.41, 5.74) is 1.26. The molecule has 1 atom stereocenters. The van der Waals surface area contributed by atoms with E-state index in [0.717, 1.165) is 5.69 Å². The Morgan fingerprint density at radius 3 is 2.62 bits per heavy atom. The van der Waals surface area contributed by atoms with Gasteiger partial charge in [0.15, 0.2) is 0 Å². The Morgan fingerprint density at radius 2 is 2.00 bits per heavy atom. The Kier molecular flexibility index (Phi) is 5.40. The van der Waals surface area contributed by atoms with Crippen LogP contribution in [0.3, 0.4) is 0 Å². The van der Waals surface area contributed by atoms with Crippen molar-refractivity contribution in [3.8, 4) is 0 Å². The maximum Gasteiger partial charge on any atom is 0.251 e. The average Bonchev–Trinajstić information content (AvgIpc) is 2.52. The van der Waals surface area contributed by atoms with E-state index in [2.05, 4.69) is 10.3 Å². The number of nitrogens with one attached hydrogen (secondary N) is 1. The molecule has 0 aliphatic rings. The maximum absolute atomic E-state index is 12.8. The Morgan fingerprint density at radius 1 is 1.24 bits per heavy atom. The number of carbonyl (C=O) groups is 1. The molecule has 0 bridgehead atoms. The summed E-state index contributed by atoms with van der Waals surface area (Å²) < 4.78 is 12.8. The minimum absolute atomic E-state index is 0.0414. The number of nitrogens with zero attached hydrogens (tertiary/aromatic N) is 1. The van der Waals surface area contributed by atoms with Crippen LogP contribution in [0.25, 0.3) is 0 Å². The summed E-state index contributed by atoms with van der Waals surface area (Å²) in [7, 11) is 0. The van der Waals surface area contributed by atoms with Gasteiger partial charge in [0.05, 0.1) is 0 Å².